The summed E-state index contributed by atoms with van der Waals surface area (Å²) in [5.74, 6) is 1.95. The van der Waals surface area contributed by atoms with Crippen molar-refractivity contribution in [3.63, 3.8) is 0 Å². The van der Waals surface area contributed by atoms with Gasteiger partial charge in [0.25, 0.3) is 0 Å². The molecule has 7 heteroatoms. The third kappa shape index (κ3) is 3.16. The summed E-state index contributed by atoms with van der Waals surface area (Å²) in [7, 11) is 1.76. The van der Waals surface area contributed by atoms with E-state index in [9.17, 15) is 0 Å². The zero-order chi connectivity index (χ0) is 15.8. The largest absolute Gasteiger partial charge is 0.384 e. The molecule has 0 radical (unpaired) electrons. The minimum absolute atomic E-state index is 0.311. The molecule has 1 saturated carbocycles. The zero-order valence-electron chi connectivity index (χ0n) is 13.7. The maximum atomic E-state index is 5.46. The fourth-order valence-electron chi connectivity index (χ4n) is 3.44. The summed E-state index contributed by atoms with van der Waals surface area (Å²) >= 11 is 0. The predicted octanol–water partition coefficient (Wildman–Crippen LogP) is 1.73. The van der Waals surface area contributed by atoms with Crippen molar-refractivity contribution in [2.24, 2.45) is 5.92 Å². The summed E-state index contributed by atoms with van der Waals surface area (Å²) in [4.78, 5) is 2.35. The van der Waals surface area contributed by atoms with Gasteiger partial charge >= 0.3 is 0 Å². The lowest BCUT2D eigenvalue weighted by atomic mass is 9.98. The maximum Gasteiger partial charge on any atom is 0.133 e. The standard InChI is InChI=1S/C16H23N5O2/c1-11-5-14(18-23-11)8-20-7-13(10-22-2)16-15(9-20)17-19-21(16)6-12-3-4-12/h5,12-13H,3-4,6-10H2,1-2H3/t13-/m1/s1. The summed E-state index contributed by atoms with van der Waals surface area (Å²) in [6, 6.07) is 1.99. The van der Waals surface area contributed by atoms with Crippen molar-refractivity contribution in [3.8, 4) is 0 Å². The summed E-state index contributed by atoms with van der Waals surface area (Å²) in [5, 5.41) is 12.9. The molecule has 1 atom stereocenters. The molecule has 0 aromatic carbocycles. The van der Waals surface area contributed by atoms with Crippen LogP contribution in [0.25, 0.3) is 0 Å². The molecule has 23 heavy (non-hydrogen) atoms. The molecule has 0 N–H and O–H groups in total. The van der Waals surface area contributed by atoms with Gasteiger partial charge in [0.2, 0.25) is 0 Å². The van der Waals surface area contributed by atoms with Crippen LogP contribution in [0.2, 0.25) is 0 Å². The summed E-state index contributed by atoms with van der Waals surface area (Å²) < 4.78 is 12.7. The van der Waals surface area contributed by atoms with Gasteiger partial charge in [0, 0.05) is 45.3 Å². The zero-order valence-corrected chi connectivity index (χ0v) is 13.7. The van der Waals surface area contributed by atoms with Crippen molar-refractivity contribution >= 4 is 0 Å². The predicted molar refractivity (Wildman–Crippen MR) is 82.7 cm³/mol. The van der Waals surface area contributed by atoms with Gasteiger partial charge < -0.3 is 9.26 Å². The number of nitrogens with zero attached hydrogens (tertiary/aromatic N) is 5. The second-order valence-corrected chi connectivity index (χ2v) is 6.80. The molecule has 2 aromatic heterocycles. The number of ether oxygens (including phenoxy) is 1. The van der Waals surface area contributed by atoms with Crippen molar-refractivity contribution < 1.29 is 9.26 Å². The van der Waals surface area contributed by atoms with E-state index in [1.165, 1.54) is 18.5 Å². The first-order chi connectivity index (χ1) is 11.2. The third-order valence-corrected chi connectivity index (χ3v) is 4.64. The van der Waals surface area contributed by atoms with Crippen LogP contribution in [0.3, 0.4) is 0 Å². The molecule has 0 unspecified atom stereocenters. The van der Waals surface area contributed by atoms with Gasteiger partial charge in [-0.15, -0.1) is 5.10 Å². The average molecular weight is 317 g/mol. The highest BCUT2D eigenvalue weighted by molar-refractivity contribution is 5.20. The molecule has 3 heterocycles. The molecule has 0 spiro atoms. The first-order valence-corrected chi connectivity index (χ1v) is 8.28. The van der Waals surface area contributed by atoms with Crippen LogP contribution in [0, 0.1) is 12.8 Å². The van der Waals surface area contributed by atoms with E-state index in [1.807, 2.05) is 13.0 Å². The normalized spacial score (nSPS) is 21.6. The first-order valence-electron chi connectivity index (χ1n) is 8.28. The smallest absolute Gasteiger partial charge is 0.133 e. The quantitative estimate of drug-likeness (QED) is 0.808. The van der Waals surface area contributed by atoms with Gasteiger partial charge in [-0.3, -0.25) is 4.90 Å². The fourth-order valence-corrected chi connectivity index (χ4v) is 3.44. The van der Waals surface area contributed by atoms with Crippen LogP contribution in [-0.2, 0) is 24.4 Å². The van der Waals surface area contributed by atoms with Crippen molar-refractivity contribution in [2.45, 2.75) is 45.3 Å². The van der Waals surface area contributed by atoms with Crippen molar-refractivity contribution in [2.75, 3.05) is 20.3 Å². The molecule has 1 aliphatic carbocycles. The van der Waals surface area contributed by atoms with Gasteiger partial charge in [0.1, 0.15) is 11.5 Å². The Hall–Kier alpha value is -1.73. The Balaban J connectivity index is 1.54. The minimum Gasteiger partial charge on any atom is -0.384 e. The van der Waals surface area contributed by atoms with Crippen molar-refractivity contribution in [1.29, 1.82) is 0 Å². The Morgan fingerprint density at radius 3 is 2.96 bits per heavy atom. The summed E-state index contributed by atoms with van der Waals surface area (Å²) in [5.41, 5.74) is 3.32. The molecule has 0 saturated heterocycles. The summed E-state index contributed by atoms with van der Waals surface area (Å²) in [6.45, 7) is 6.13. The van der Waals surface area contributed by atoms with E-state index in [2.05, 4.69) is 25.1 Å². The number of aryl methyl sites for hydroxylation is 1. The Morgan fingerprint density at radius 1 is 1.39 bits per heavy atom. The van der Waals surface area contributed by atoms with E-state index in [0.717, 1.165) is 49.2 Å². The van der Waals surface area contributed by atoms with E-state index in [-0.39, 0.29) is 0 Å². The Kier molecular flexibility index (Phi) is 3.90. The minimum atomic E-state index is 0.311. The highest BCUT2D eigenvalue weighted by Gasteiger charge is 2.33. The third-order valence-electron chi connectivity index (χ3n) is 4.64. The number of fused-ring (bicyclic) bond motifs is 1. The monoisotopic (exact) mass is 317 g/mol. The Morgan fingerprint density at radius 2 is 2.26 bits per heavy atom. The second-order valence-electron chi connectivity index (χ2n) is 6.80. The van der Waals surface area contributed by atoms with Crippen LogP contribution in [0.15, 0.2) is 10.6 Å². The van der Waals surface area contributed by atoms with Crippen LogP contribution in [-0.4, -0.2) is 45.3 Å². The lowest BCUT2D eigenvalue weighted by Gasteiger charge is -2.31. The van der Waals surface area contributed by atoms with E-state index < -0.39 is 0 Å². The van der Waals surface area contributed by atoms with Crippen LogP contribution < -0.4 is 0 Å². The molecule has 124 valence electrons. The first kappa shape index (κ1) is 14.8. The molecule has 0 amide bonds. The lowest BCUT2D eigenvalue weighted by Crippen LogP contribution is -2.36. The highest BCUT2D eigenvalue weighted by atomic mass is 16.5. The number of aromatic nitrogens is 4. The highest BCUT2D eigenvalue weighted by Crippen LogP contribution is 2.34. The van der Waals surface area contributed by atoms with E-state index in [1.54, 1.807) is 7.11 Å². The molecular formula is C16H23N5O2. The molecule has 2 aromatic rings. The van der Waals surface area contributed by atoms with Crippen LogP contribution in [0.4, 0.5) is 0 Å². The van der Waals surface area contributed by atoms with Crippen LogP contribution >= 0.6 is 0 Å². The molecule has 1 aliphatic heterocycles. The number of hydrogen-bond acceptors (Lipinski definition) is 6. The SMILES string of the molecule is COC[C@H]1CN(Cc2cc(C)on2)Cc2nnn(CC3CC3)c21. The topological polar surface area (TPSA) is 69.2 Å². The van der Waals surface area contributed by atoms with E-state index in [4.69, 9.17) is 9.26 Å². The van der Waals surface area contributed by atoms with Gasteiger partial charge in [-0.25, -0.2) is 4.68 Å². The number of hydrogen-bond donors (Lipinski definition) is 0. The van der Waals surface area contributed by atoms with Crippen LogP contribution in [0.5, 0.6) is 0 Å². The Labute approximate surface area is 135 Å². The number of rotatable bonds is 6. The van der Waals surface area contributed by atoms with Gasteiger partial charge in [0.05, 0.1) is 18.0 Å². The fraction of sp³-hybridized carbons (Fsp3) is 0.688. The van der Waals surface area contributed by atoms with Crippen molar-refractivity contribution in [1.82, 2.24) is 25.1 Å². The molecule has 4 rings (SSSR count). The average Bonchev–Trinajstić information content (AvgIpc) is 3.11. The van der Waals surface area contributed by atoms with E-state index in [0.29, 0.717) is 12.5 Å². The lowest BCUT2D eigenvalue weighted by molar-refractivity contribution is 0.130. The molecule has 2 aliphatic rings. The maximum absolute atomic E-state index is 5.46. The van der Waals surface area contributed by atoms with Gasteiger partial charge in [-0.05, 0) is 25.7 Å². The molecule has 1 fully saturated rings. The molecule has 0 bridgehead atoms. The van der Waals surface area contributed by atoms with Crippen molar-refractivity contribution in [3.05, 3.63) is 28.9 Å². The molecular weight excluding hydrogens is 294 g/mol. The second kappa shape index (κ2) is 6.05. The van der Waals surface area contributed by atoms with Gasteiger partial charge in [-0.1, -0.05) is 10.4 Å². The Bertz CT molecular complexity index is 676. The van der Waals surface area contributed by atoms with Crippen LogP contribution in [0.1, 0.15) is 41.6 Å². The summed E-state index contributed by atoms with van der Waals surface area (Å²) in [6.07, 6.45) is 2.64. The number of methoxy groups -OCH3 is 1. The van der Waals surface area contributed by atoms with Gasteiger partial charge in [0.15, 0.2) is 0 Å². The molecule has 7 nitrogen and oxygen atoms in total. The van der Waals surface area contributed by atoms with E-state index >= 15 is 0 Å². The van der Waals surface area contributed by atoms with Gasteiger partial charge in [-0.2, -0.15) is 0 Å².